The van der Waals surface area contributed by atoms with Crippen molar-refractivity contribution in [2.75, 3.05) is 6.54 Å². The Balaban J connectivity index is 1.83. The van der Waals surface area contributed by atoms with Crippen LogP contribution in [-0.2, 0) is 6.54 Å². The molecule has 0 fully saturated rings. The van der Waals surface area contributed by atoms with E-state index in [9.17, 15) is 9.18 Å². The number of hydrogen-bond donors (Lipinski definition) is 0. The highest BCUT2D eigenvalue weighted by Gasteiger charge is 2.21. The maximum Gasteiger partial charge on any atom is 0.276 e. The molecule has 0 radical (unpaired) electrons. The van der Waals surface area contributed by atoms with E-state index in [1.54, 1.807) is 30.3 Å². The summed E-state index contributed by atoms with van der Waals surface area (Å²) in [4.78, 5) is 14.1. The number of rotatable bonds is 6. The van der Waals surface area contributed by atoms with Crippen LogP contribution >= 0.6 is 15.9 Å². The first-order valence-electron chi connectivity index (χ1n) is 7.43. The molecular formula is C18H14BrFN2O3. The van der Waals surface area contributed by atoms with E-state index < -0.39 is 0 Å². The lowest BCUT2D eigenvalue weighted by Gasteiger charge is -2.20. The van der Waals surface area contributed by atoms with Crippen molar-refractivity contribution in [1.29, 1.82) is 0 Å². The van der Waals surface area contributed by atoms with E-state index in [0.29, 0.717) is 17.1 Å². The van der Waals surface area contributed by atoms with Crippen molar-refractivity contribution in [3.63, 3.8) is 0 Å². The number of carbonyl (C=O) groups excluding carboxylic acids is 1. The minimum absolute atomic E-state index is 0.0824. The molecule has 7 heteroatoms. The fraction of sp³-hybridized carbons (Fsp3) is 0.111. The molecule has 1 aromatic carbocycles. The van der Waals surface area contributed by atoms with E-state index in [0.717, 1.165) is 4.47 Å². The summed E-state index contributed by atoms with van der Waals surface area (Å²) in [7, 11) is 0. The van der Waals surface area contributed by atoms with Crippen molar-refractivity contribution in [2.24, 2.45) is 0 Å². The second kappa shape index (κ2) is 7.48. The molecule has 3 aromatic rings. The highest BCUT2D eigenvalue weighted by atomic mass is 79.9. The fourth-order valence-electron chi connectivity index (χ4n) is 2.32. The summed E-state index contributed by atoms with van der Waals surface area (Å²) in [5, 5.41) is 3.79. The molecule has 0 N–H and O–H groups in total. The predicted molar refractivity (Wildman–Crippen MR) is 93.2 cm³/mol. The monoisotopic (exact) mass is 404 g/mol. The first-order valence-corrected chi connectivity index (χ1v) is 8.22. The summed E-state index contributed by atoms with van der Waals surface area (Å²) in [6.45, 7) is 3.97. The Morgan fingerprint density at radius 3 is 2.88 bits per heavy atom. The van der Waals surface area contributed by atoms with Gasteiger partial charge in [-0.3, -0.25) is 4.79 Å². The summed E-state index contributed by atoms with van der Waals surface area (Å²) >= 11 is 3.30. The van der Waals surface area contributed by atoms with Gasteiger partial charge in [0, 0.05) is 29.2 Å². The summed E-state index contributed by atoms with van der Waals surface area (Å²) < 4.78 is 25.1. The number of furan rings is 1. The zero-order chi connectivity index (χ0) is 17.8. The maximum atomic E-state index is 14.0. The van der Waals surface area contributed by atoms with Gasteiger partial charge in [0.05, 0.1) is 6.26 Å². The van der Waals surface area contributed by atoms with Gasteiger partial charge in [-0.05, 0) is 30.3 Å². The molecule has 0 aliphatic heterocycles. The van der Waals surface area contributed by atoms with Crippen LogP contribution in [0.4, 0.5) is 4.39 Å². The van der Waals surface area contributed by atoms with Crippen LogP contribution in [0.15, 0.2) is 68.7 Å². The number of nitrogens with zero attached hydrogens (tertiary/aromatic N) is 2. The average Bonchev–Trinajstić information content (AvgIpc) is 3.27. The van der Waals surface area contributed by atoms with Gasteiger partial charge in [-0.25, -0.2) is 4.39 Å². The first-order chi connectivity index (χ1) is 12.1. The number of benzene rings is 1. The van der Waals surface area contributed by atoms with Crippen molar-refractivity contribution >= 4 is 21.8 Å². The van der Waals surface area contributed by atoms with Gasteiger partial charge in [-0.1, -0.05) is 27.2 Å². The third kappa shape index (κ3) is 3.88. The predicted octanol–water partition coefficient (Wildman–Crippen LogP) is 4.66. The lowest BCUT2D eigenvalue weighted by molar-refractivity contribution is 0.0751. The fourth-order valence-corrected chi connectivity index (χ4v) is 2.73. The molecule has 0 aliphatic rings. The summed E-state index contributed by atoms with van der Waals surface area (Å²) in [6, 6.07) is 9.49. The van der Waals surface area contributed by atoms with Crippen LogP contribution < -0.4 is 0 Å². The standard InChI is InChI=1S/C18H14BrFN2O3/c1-2-7-22(11-12-9-13(19)5-6-14(12)20)18(23)15-10-17(25-21-15)16-4-3-8-24-16/h2-6,8-10H,1,7,11H2. The van der Waals surface area contributed by atoms with Crippen LogP contribution in [0.2, 0.25) is 0 Å². The Hall–Kier alpha value is -2.67. The number of amides is 1. The van der Waals surface area contributed by atoms with Crippen LogP contribution in [0.3, 0.4) is 0 Å². The largest absolute Gasteiger partial charge is 0.461 e. The second-order valence-corrected chi connectivity index (χ2v) is 6.18. The minimum Gasteiger partial charge on any atom is -0.461 e. The number of aromatic nitrogens is 1. The number of hydrogen-bond acceptors (Lipinski definition) is 4. The van der Waals surface area contributed by atoms with Gasteiger partial charge in [0.25, 0.3) is 5.91 Å². The minimum atomic E-state index is -0.388. The number of carbonyl (C=O) groups is 1. The normalized spacial score (nSPS) is 10.6. The molecule has 1 amide bonds. The molecule has 0 unspecified atom stereocenters. The van der Waals surface area contributed by atoms with E-state index >= 15 is 0 Å². The van der Waals surface area contributed by atoms with E-state index in [1.165, 1.54) is 23.3 Å². The molecule has 3 rings (SSSR count). The highest BCUT2D eigenvalue weighted by Crippen LogP contribution is 2.22. The van der Waals surface area contributed by atoms with Gasteiger partial charge in [-0.15, -0.1) is 6.58 Å². The highest BCUT2D eigenvalue weighted by molar-refractivity contribution is 9.10. The molecular weight excluding hydrogens is 391 g/mol. The molecule has 0 saturated heterocycles. The second-order valence-electron chi connectivity index (χ2n) is 5.26. The lowest BCUT2D eigenvalue weighted by Crippen LogP contribution is -2.31. The van der Waals surface area contributed by atoms with E-state index in [1.807, 2.05) is 0 Å². The Labute approximate surface area is 151 Å². The van der Waals surface area contributed by atoms with Gasteiger partial charge in [0.15, 0.2) is 11.5 Å². The molecule has 2 heterocycles. The van der Waals surface area contributed by atoms with Gasteiger partial charge in [0.1, 0.15) is 5.82 Å². The van der Waals surface area contributed by atoms with Crippen molar-refractivity contribution in [3.05, 3.63) is 76.9 Å². The quantitative estimate of drug-likeness (QED) is 0.560. The molecule has 2 aromatic heterocycles. The maximum absolute atomic E-state index is 14.0. The molecule has 0 bridgehead atoms. The average molecular weight is 405 g/mol. The molecule has 0 atom stereocenters. The zero-order valence-electron chi connectivity index (χ0n) is 13.1. The van der Waals surface area contributed by atoms with Crippen molar-refractivity contribution < 1.29 is 18.1 Å². The van der Waals surface area contributed by atoms with Crippen LogP contribution in [0.25, 0.3) is 11.5 Å². The van der Waals surface area contributed by atoms with Gasteiger partial charge < -0.3 is 13.8 Å². The van der Waals surface area contributed by atoms with Gasteiger partial charge >= 0.3 is 0 Å². The molecule has 0 saturated carbocycles. The summed E-state index contributed by atoms with van der Waals surface area (Å²) in [5.41, 5.74) is 0.503. The Kier molecular flexibility index (Phi) is 5.14. The molecule has 128 valence electrons. The topological polar surface area (TPSA) is 59.5 Å². The van der Waals surface area contributed by atoms with E-state index in [2.05, 4.69) is 27.7 Å². The van der Waals surface area contributed by atoms with Crippen molar-refractivity contribution in [2.45, 2.75) is 6.54 Å². The Morgan fingerprint density at radius 2 is 2.16 bits per heavy atom. The van der Waals surface area contributed by atoms with Crippen LogP contribution in [0.1, 0.15) is 16.1 Å². The molecule has 0 spiro atoms. The smallest absolute Gasteiger partial charge is 0.276 e. The third-order valence-corrected chi connectivity index (χ3v) is 3.99. The van der Waals surface area contributed by atoms with Crippen LogP contribution in [-0.4, -0.2) is 22.5 Å². The Bertz CT molecular complexity index is 890. The third-order valence-electron chi connectivity index (χ3n) is 3.50. The van der Waals surface area contributed by atoms with Crippen LogP contribution in [0.5, 0.6) is 0 Å². The zero-order valence-corrected chi connectivity index (χ0v) is 14.7. The van der Waals surface area contributed by atoms with E-state index in [4.69, 9.17) is 8.94 Å². The summed E-state index contributed by atoms with van der Waals surface area (Å²) in [6.07, 6.45) is 3.07. The van der Waals surface area contributed by atoms with Gasteiger partial charge in [0.2, 0.25) is 5.76 Å². The van der Waals surface area contributed by atoms with Crippen LogP contribution in [0, 0.1) is 5.82 Å². The molecule has 25 heavy (non-hydrogen) atoms. The van der Waals surface area contributed by atoms with E-state index in [-0.39, 0.29) is 30.5 Å². The molecule has 5 nitrogen and oxygen atoms in total. The SMILES string of the molecule is C=CCN(Cc1cc(Br)ccc1F)C(=O)c1cc(-c2ccco2)on1. The summed E-state index contributed by atoms with van der Waals surface area (Å²) in [5.74, 6) is 0.0442. The lowest BCUT2D eigenvalue weighted by atomic mass is 10.2. The first kappa shape index (κ1) is 17.2. The molecule has 0 aliphatic carbocycles. The number of halogens is 2. The van der Waals surface area contributed by atoms with Gasteiger partial charge in [-0.2, -0.15) is 0 Å². The van der Waals surface area contributed by atoms with Crippen molar-refractivity contribution in [1.82, 2.24) is 10.1 Å². The Morgan fingerprint density at radius 1 is 1.32 bits per heavy atom. The van der Waals surface area contributed by atoms with Crippen molar-refractivity contribution in [3.8, 4) is 11.5 Å².